The zero-order valence-electron chi connectivity index (χ0n) is 23.4. The summed E-state index contributed by atoms with van der Waals surface area (Å²) in [7, 11) is 1.68. The number of nitrogens with zero attached hydrogens (tertiary/aromatic N) is 3. The first-order chi connectivity index (χ1) is 18.8. The lowest BCUT2D eigenvalue weighted by molar-refractivity contribution is -0.138. The van der Waals surface area contributed by atoms with Crippen molar-refractivity contribution in [3.8, 4) is 0 Å². The van der Waals surface area contributed by atoms with E-state index < -0.39 is 24.0 Å². The molecule has 3 atom stereocenters. The number of H-pyrrole nitrogens is 1. The summed E-state index contributed by atoms with van der Waals surface area (Å²) >= 11 is 0. The van der Waals surface area contributed by atoms with Crippen LogP contribution in [0.4, 0.5) is 4.79 Å². The van der Waals surface area contributed by atoms with Crippen molar-refractivity contribution < 1.29 is 14.4 Å². The van der Waals surface area contributed by atoms with Crippen LogP contribution >= 0.6 is 0 Å². The van der Waals surface area contributed by atoms with E-state index in [4.69, 9.17) is 0 Å². The highest BCUT2D eigenvalue weighted by molar-refractivity contribution is 5.92. The van der Waals surface area contributed by atoms with Gasteiger partial charge in [-0.1, -0.05) is 49.4 Å². The van der Waals surface area contributed by atoms with Gasteiger partial charge in [-0.2, -0.15) is 0 Å². The number of aromatic nitrogens is 2. The maximum absolute atomic E-state index is 13.5. The molecule has 0 unspecified atom stereocenters. The Bertz CT molecular complexity index is 1290. The van der Waals surface area contributed by atoms with Crippen molar-refractivity contribution in [2.45, 2.75) is 77.5 Å². The predicted octanol–water partition coefficient (Wildman–Crippen LogP) is 4.44. The SMILES string of the molecule is CC[C@H]1CCCCN1C(=O)C[C@H](NC(=O)N(C)Cc1ccccc1)C(=O)N[C@@H](C)c1nc2c(C)cccc2[nH]1. The van der Waals surface area contributed by atoms with E-state index >= 15 is 0 Å². The van der Waals surface area contributed by atoms with E-state index in [1.807, 2.05) is 67.3 Å². The van der Waals surface area contributed by atoms with Gasteiger partial charge in [-0.3, -0.25) is 9.59 Å². The average Bonchev–Trinajstić information content (AvgIpc) is 3.39. The molecule has 39 heavy (non-hydrogen) atoms. The summed E-state index contributed by atoms with van der Waals surface area (Å²) in [6, 6.07) is 13.8. The molecule has 3 aromatic rings. The van der Waals surface area contributed by atoms with E-state index in [0.717, 1.165) is 47.8 Å². The monoisotopic (exact) mass is 532 g/mol. The molecule has 2 aromatic carbocycles. The molecule has 1 fully saturated rings. The Hall–Kier alpha value is -3.88. The molecule has 0 radical (unpaired) electrons. The van der Waals surface area contributed by atoms with Crippen LogP contribution in [-0.4, -0.2) is 63.3 Å². The van der Waals surface area contributed by atoms with Gasteiger partial charge in [0.1, 0.15) is 11.9 Å². The van der Waals surface area contributed by atoms with E-state index in [1.165, 1.54) is 4.90 Å². The van der Waals surface area contributed by atoms with Gasteiger partial charge < -0.3 is 25.4 Å². The van der Waals surface area contributed by atoms with E-state index in [1.54, 1.807) is 7.05 Å². The first-order valence-corrected chi connectivity index (χ1v) is 13.9. The maximum Gasteiger partial charge on any atom is 0.318 e. The third kappa shape index (κ3) is 6.96. The molecule has 0 bridgehead atoms. The van der Waals surface area contributed by atoms with E-state index in [9.17, 15) is 14.4 Å². The molecule has 9 heteroatoms. The first-order valence-electron chi connectivity index (χ1n) is 13.9. The van der Waals surface area contributed by atoms with E-state index in [-0.39, 0.29) is 18.4 Å². The number of piperidine rings is 1. The van der Waals surface area contributed by atoms with Crippen LogP contribution in [0.5, 0.6) is 0 Å². The Kier molecular flexibility index (Phi) is 9.22. The van der Waals surface area contributed by atoms with Crippen molar-refractivity contribution in [3.63, 3.8) is 0 Å². The van der Waals surface area contributed by atoms with Crippen molar-refractivity contribution in [2.75, 3.05) is 13.6 Å². The molecule has 1 aliphatic heterocycles. The van der Waals surface area contributed by atoms with Gasteiger partial charge in [-0.05, 0) is 56.7 Å². The van der Waals surface area contributed by atoms with Gasteiger partial charge in [0.2, 0.25) is 11.8 Å². The summed E-state index contributed by atoms with van der Waals surface area (Å²) in [4.78, 5) is 51.4. The molecule has 1 aromatic heterocycles. The predicted molar refractivity (Wildman–Crippen MR) is 152 cm³/mol. The van der Waals surface area contributed by atoms with Crippen molar-refractivity contribution in [1.29, 1.82) is 0 Å². The third-order valence-electron chi connectivity index (χ3n) is 7.52. The third-order valence-corrected chi connectivity index (χ3v) is 7.52. The zero-order chi connectivity index (χ0) is 27.9. The molecule has 4 rings (SSSR count). The molecule has 2 heterocycles. The summed E-state index contributed by atoms with van der Waals surface area (Å²) in [5.41, 5.74) is 3.76. The fourth-order valence-corrected chi connectivity index (χ4v) is 5.22. The number of rotatable bonds is 9. The van der Waals surface area contributed by atoms with Crippen LogP contribution in [0.3, 0.4) is 0 Å². The van der Waals surface area contributed by atoms with Crippen LogP contribution in [0, 0.1) is 6.92 Å². The summed E-state index contributed by atoms with van der Waals surface area (Å²) in [6.45, 7) is 6.97. The number of para-hydroxylation sites is 1. The van der Waals surface area contributed by atoms with Gasteiger partial charge >= 0.3 is 6.03 Å². The highest BCUT2D eigenvalue weighted by Gasteiger charge is 2.32. The molecule has 0 spiro atoms. The zero-order valence-corrected chi connectivity index (χ0v) is 23.4. The number of aryl methyl sites for hydroxylation is 1. The number of likely N-dealkylation sites (tertiary alicyclic amines) is 1. The number of imidazole rings is 1. The van der Waals surface area contributed by atoms with Crippen LogP contribution in [0.1, 0.15) is 68.9 Å². The van der Waals surface area contributed by atoms with Gasteiger partial charge in [0.15, 0.2) is 0 Å². The molecule has 0 saturated carbocycles. The van der Waals surface area contributed by atoms with Crippen molar-refractivity contribution in [2.24, 2.45) is 0 Å². The molecule has 4 amide bonds. The number of urea groups is 1. The molecule has 1 saturated heterocycles. The van der Waals surface area contributed by atoms with Crippen molar-refractivity contribution >= 4 is 28.9 Å². The number of aromatic amines is 1. The molecule has 9 nitrogen and oxygen atoms in total. The van der Waals surface area contributed by atoms with Crippen LogP contribution in [0.2, 0.25) is 0 Å². The lowest BCUT2D eigenvalue weighted by Crippen LogP contribution is -2.53. The smallest absolute Gasteiger partial charge is 0.318 e. The van der Waals surface area contributed by atoms with Gasteiger partial charge in [0, 0.05) is 26.2 Å². The fourth-order valence-electron chi connectivity index (χ4n) is 5.22. The minimum Gasteiger partial charge on any atom is -0.345 e. The normalized spacial score (nSPS) is 16.9. The summed E-state index contributed by atoms with van der Waals surface area (Å²) in [5, 5.41) is 5.80. The molecule has 1 aliphatic rings. The minimum atomic E-state index is -1.02. The second kappa shape index (κ2) is 12.8. The second-order valence-corrected chi connectivity index (χ2v) is 10.5. The molecular formula is C30H40N6O3. The largest absolute Gasteiger partial charge is 0.345 e. The van der Waals surface area contributed by atoms with Gasteiger partial charge in [0.05, 0.1) is 23.5 Å². The Labute approximate surface area is 230 Å². The molecule has 3 N–H and O–H groups in total. The van der Waals surface area contributed by atoms with Crippen LogP contribution in [0.15, 0.2) is 48.5 Å². The summed E-state index contributed by atoms with van der Waals surface area (Å²) in [5.74, 6) is 0.0894. The standard InChI is InChI=1S/C30H40N6O3/c1-5-23-15-9-10-17-36(23)26(37)18-25(33-30(39)35(4)19-22-13-7-6-8-14-22)29(38)31-21(3)28-32-24-16-11-12-20(2)27(24)34-28/h6-8,11-14,16,21,23,25H,5,9-10,15,17-19H2,1-4H3,(H,31,38)(H,32,34)(H,33,39)/t21-,23-,25-/m0/s1. The summed E-state index contributed by atoms with van der Waals surface area (Å²) in [6.07, 6.45) is 3.79. The molecular weight excluding hydrogens is 492 g/mol. The van der Waals surface area contributed by atoms with Crippen molar-refractivity contribution in [1.82, 2.24) is 30.4 Å². The van der Waals surface area contributed by atoms with Crippen molar-refractivity contribution in [3.05, 3.63) is 65.5 Å². The number of fused-ring (bicyclic) bond motifs is 1. The second-order valence-electron chi connectivity index (χ2n) is 10.5. The highest BCUT2D eigenvalue weighted by atomic mass is 16.2. The van der Waals surface area contributed by atoms with Crippen LogP contribution in [-0.2, 0) is 16.1 Å². The molecule has 0 aliphatic carbocycles. The number of hydrogen-bond donors (Lipinski definition) is 3. The van der Waals surface area contributed by atoms with E-state index in [0.29, 0.717) is 18.9 Å². The topological polar surface area (TPSA) is 110 Å². The quantitative estimate of drug-likeness (QED) is 0.378. The van der Waals surface area contributed by atoms with Crippen LogP contribution in [0.25, 0.3) is 11.0 Å². The number of carbonyl (C=O) groups excluding carboxylic acids is 3. The average molecular weight is 533 g/mol. The molecule has 208 valence electrons. The lowest BCUT2D eigenvalue weighted by atomic mass is 9.99. The number of hydrogen-bond acceptors (Lipinski definition) is 4. The Morgan fingerprint density at radius 1 is 1.10 bits per heavy atom. The number of benzene rings is 2. The Balaban J connectivity index is 1.49. The number of amides is 4. The highest BCUT2D eigenvalue weighted by Crippen LogP contribution is 2.22. The Morgan fingerprint density at radius 2 is 1.87 bits per heavy atom. The number of nitrogens with one attached hydrogen (secondary N) is 3. The van der Waals surface area contributed by atoms with Gasteiger partial charge in [-0.25, -0.2) is 9.78 Å². The first kappa shape index (κ1) is 28.1. The summed E-state index contributed by atoms with van der Waals surface area (Å²) < 4.78 is 0. The lowest BCUT2D eigenvalue weighted by Gasteiger charge is -2.36. The van der Waals surface area contributed by atoms with Gasteiger partial charge in [0.25, 0.3) is 0 Å². The number of carbonyl (C=O) groups is 3. The maximum atomic E-state index is 13.5. The van der Waals surface area contributed by atoms with Gasteiger partial charge in [-0.15, -0.1) is 0 Å². The van der Waals surface area contributed by atoms with Crippen LogP contribution < -0.4 is 10.6 Å². The Morgan fingerprint density at radius 3 is 2.59 bits per heavy atom. The fraction of sp³-hybridized carbons (Fsp3) is 0.467. The van der Waals surface area contributed by atoms with E-state index in [2.05, 4.69) is 27.5 Å². The minimum absolute atomic E-state index is 0.0980.